The van der Waals surface area contributed by atoms with Crippen LogP contribution in [0.4, 0.5) is 5.69 Å². The Labute approximate surface area is 117 Å². The zero-order valence-corrected chi connectivity index (χ0v) is 11.2. The van der Waals surface area contributed by atoms with E-state index in [2.05, 4.69) is 5.32 Å². The van der Waals surface area contributed by atoms with Crippen molar-refractivity contribution in [3.8, 4) is 5.75 Å². The molecule has 0 aliphatic rings. The van der Waals surface area contributed by atoms with Crippen LogP contribution >= 0.6 is 12.2 Å². The predicted molar refractivity (Wildman–Crippen MR) is 79.5 cm³/mol. The van der Waals surface area contributed by atoms with Gasteiger partial charge in [-0.15, -0.1) is 0 Å². The van der Waals surface area contributed by atoms with Gasteiger partial charge in [-0.25, -0.2) is 0 Å². The number of benzene rings is 2. The molecule has 0 saturated carbocycles. The molecule has 0 heterocycles. The Morgan fingerprint density at radius 1 is 1.05 bits per heavy atom. The molecule has 0 radical (unpaired) electrons. The fourth-order valence-corrected chi connectivity index (χ4v) is 1.78. The molecule has 0 fully saturated rings. The number of ether oxygens (including phenoxy) is 1. The second-order valence-corrected chi connectivity index (χ2v) is 4.33. The van der Waals surface area contributed by atoms with Crippen molar-refractivity contribution in [2.75, 3.05) is 5.32 Å². The Balaban J connectivity index is 2.04. The zero-order chi connectivity index (χ0) is 13.7. The minimum Gasteiger partial charge on any atom is -0.445 e. The van der Waals surface area contributed by atoms with Crippen LogP contribution in [0, 0.1) is 0 Å². The first-order valence-corrected chi connectivity index (χ1v) is 6.21. The summed E-state index contributed by atoms with van der Waals surface area (Å²) in [4.78, 5) is 10.9. The van der Waals surface area contributed by atoms with E-state index < -0.39 is 0 Å². The molecule has 0 spiro atoms. The second-order valence-electron chi connectivity index (χ2n) is 3.96. The molecule has 1 N–H and O–H groups in total. The summed E-state index contributed by atoms with van der Waals surface area (Å²) in [6.07, 6.45) is 0. The van der Waals surface area contributed by atoms with E-state index in [1.165, 1.54) is 6.92 Å². The number of amides is 1. The van der Waals surface area contributed by atoms with Crippen molar-refractivity contribution in [1.82, 2.24) is 0 Å². The van der Waals surface area contributed by atoms with Gasteiger partial charge in [-0.2, -0.15) is 0 Å². The summed E-state index contributed by atoms with van der Waals surface area (Å²) in [5.41, 5.74) is 1.59. The van der Waals surface area contributed by atoms with Crippen molar-refractivity contribution in [3.63, 3.8) is 0 Å². The van der Waals surface area contributed by atoms with Gasteiger partial charge in [-0.1, -0.05) is 30.3 Å². The van der Waals surface area contributed by atoms with Crippen molar-refractivity contribution in [1.29, 1.82) is 0 Å². The van der Waals surface area contributed by atoms with Crippen molar-refractivity contribution in [3.05, 3.63) is 60.2 Å². The van der Waals surface area contributed by atoms with Crippen molar-refractivity contribution < 1.29 is 9.53 Å². The summed E-state index contributed by atoms with van der Waals surface area (Å²) in [5, 5.41) is 3.11. The Morgan fingerprint density at radius 2 is 1.68 bits per heavy atom. The van der Waals surface area contributed by atoms with Gasteiger partial charge < -0.3 is 10.1 Å². The first-order chi connectivity index (χ1) is 9.15. The lowest BCUT2D eigenvalue weighted by molar-refractivity contribution is -0.114. The highest BCUT2D eigenvalue weighted by Crippen LogP contribution is 2.17. The summed E-state index contributed by atoms with van der Waals surface area (Å²) < 4.78 is 5.58. The van der Waals surface area contributed by atoms with Crippen LogP contribution in [0.5, 0.6) is 5.75 Å². The molecule has 0 unspecified atom stereocenters. The zero-order valence-electron chi connectivity index (χ0n) is 10.4. The molecule has 96 valence electrons. The largest absolute Gasteiger partial charge is 0.445 e. The SMILES string of the molecule is CC(=O)Nc1ccc(OC(=S)c2ccccc2)cc1. The Kier molecular flexibility index (Phi) is 4.26. The standard InChI is InChI=1S/C15H13NO2S/c1-11(17)16-13-7-9-14(10-8-13)18-15(19)12-5-3-2-4-6-12/h2-10H,1H3,(H,16,17). The molecule has 0 aliphatic heterocycles. The van der Waals surface area contributed by atoms with E-state index in [0.29, 0.717) is 10.8 Å². The molecule has 3 nitrogen and oxygen atoms in total. The van der Waals surface area contributed by atoms with Crippen LogP contribution in [0.15, 0.2) is 54.6 Å². The van der Waals surface area contributed by atoms with Crippen LogP contribution in [-0.2, 0) is 4.79 Å². The monoisotopic (exact) mass is 271 g/mol. The number of nitrogens with one attached hydrogen (secondary N) is 1. The highest BCUT2D eigenvalue weighted by Gasteiger charge is 2.03. The van der Waals surface area contributed by atoms with Crippen LogP contribution in [0.1, 0.15) is 12.5 Å². The molecular weight excluding hydrogens is 258 g/mol. The van der Waals surface area contributed by atoms with Crippen LogP contribution in [-0.4, -0.2) is 11.0 Å². The third kappa shape index (κ3) is 3.89. The van der Waals surface area contributed by atoms with Crippen molar-refractivity contribution >= 4 is 28.9 Å². The number of anilines is 1. The normalized spacial score (nSPS) is 9.74. The average molecular weight is 271 g/mol. The molecule has 2 rings (SSSR count). The molecule has 0 aliphatic carbocycles. The van der Waals surface area contributed by atoms with Crippen LogP contribution in [0.3, 0.4) is 0 Å². The lowest BCUT2D eigenvalue weighted by atomic mass is 10.2. The number of carbonyl (C=O) groups excluding carboxylic acids is 1. The summed E-state index contributed by atoms with van der Waals surface area (Å²) >= 11 is 5.21. The lowest BCUT2D eigenvalue weighted by Crippen LogP contribution is -2.07. The molecule has 2 aromatic carbocycles. The minimum absolute atomic E-state index is 0.103. The third-order valence-corrected chi connectivity index (χ3v) is 2.71. The molecule has 4 heteroatoms. The Morgan fingerprint density at radius 3 is 2.26 bits per heavy atom. The highest BCUT2D eigenvalue weighted by atomic mass is 32.1. The maximum absolute atomic E-state index is 10.9. The van der Waals surface area contributed by atoms with E-state index in [4.69, 9.17) is 17.0 Å². The van der Waals surface area contributed by atoms with E-state index >= 15 is 0 Å². The molecule has 19 heavy (non-hydrogen) atoms. The van der Waals surface area contributed by atoms with Gasteiger partial charge in [0.15, 0.2) is 5.05 Å². The van der Waals surface area contributed by atoms with Crippen molar-refractivity contribution in [2.24, 2.45) is 0 Å². The topological polar surface area (TPSA) is 38.3 Å². The molecular formula is C15H13NO2S. The number of carbonyl (C=O) groups is 1. The van der Waals surface area contributed by atoms with Gasteiger partial charge in [0.2, 0.25) is 5.91 Å². The van der Waals surface area contributed by atoms with E-state index in [1.54, 1.807) is 24.3 Å². The van der Waals surface area contributed by atoms with E-state index in [9.17, 15) is 4.79 Å². The molecule has 2 aromatic rings. The maximum atomic E-state index is 10.9. The first-order valence-electron chi connectivity index (χ1n) is 5.80. The van der Waals surface area contributed by atoms with Gasteiger partial charge in [0.05, 0.1) is 0 Å². The first kappa shape index (κ1) is 13.2. The lowest BCUT2D eigenvalue weighted by Gasteiger charge is -2.08. The van der Waals surface area contributed by atoms with Crippen LogP contribution < -0.4 is 10.1 Å². The van der Waals surface area contributed by atoms with Gasteiger partial charge in [-0.3, -0.25) is 4.79 Å². The number of hydrogen-bond acceptors (Lipinski definition) is 3. The van der Waals surface area contributed by atoms with Crippen LogP contribution in [0.2, 0.25) is 0 Å². The Bertz CT molecular complexity index is 579. The predicted octanol–water partition coefficient (Wildman–Crippen LogP) is 3.40. The summed E-state index contributed by atoms with van der Waals surface area (Å²) in [6.45, 7) is 1.47. The quantitative estimate of drug-likeness (QED) is 0.869. The molecule has 0 atom stereocenters. The molecule has 0 aromatic heterocycles. The summed E-state index contributed by atoms with van der Waals surface area (Å²) in [6, 6.07) is 16.6. The van der Waals surface area contributed by atoms with Gasteiger partial charge in [0.25, 0.3) is 0 Å². The smallest absolute Gasteiger partial charge is 0.221 e. The fourth-order valence-electron chi connectivity index (χ4n) is 1.55. The third-order valence-electron chi connectivity index (χ3n) is 2.39. The van der Waals surface area contributed by atoms with E-state index in [-0.39, 0.29) is 5.91 Å². The number of rotatable bonds is 3. The number of thiocarbonyl (C=S) groups is 1. The molecule has 0 saturated heterocycles. The van der Waals surface area contributed by atoms with Gasteiger partial charge in [0.1, 0.15) is 5.75 Å². The summed E-state index contributed by atoms with van der Waals surface area (Å²) in [7, 11) is 0. The molecule has 0 bridgehead atoms. The molecule has 1 amide bonds. The average Bonchev–Trinajstić information content (AvgIpc) is 2.41. The van der Waals surface area contributed by atoms with Gasteiger partial charge in [0, 0.05) is 18.2 Å². The second kappa shape index (κ2) is 6.11. The highest BCUT2D eigenvalue weighted by molar-refractivity contribution is 7.80. The Hall–Kier alpha value is -2.20. The van der Waals surface area contributed by atoms with E-state index in [1.807, 2.05) is 30.3 Å². The summed E-state index contributed by atoms with van der Waals surface area (Å²) in [5.74, 6) is 0.538. The van der Waals surface area contributed by atoms with Crippen molar-refractivity contribution in [2.45, 2.75) is 6.92 Å². The number of hydrogen-bond donors (Lipinski definition) is 1. The minimum atomic E-state index is -0.103. The van der Waals surface area contributed by atoms with Gasteiger partial charge in [-0.05, 0) is 36.5 Å². The van der Waals surface area contributed by atoms with Gasteiger partial charge >= 0.3 is 0 Å². The van der Waals surface area contributed by atoms with Crippen LogP contribution in [0.25, 0.3) is 0 Å². The maximum Gasteiger partial charge on any atom is 0.221 e. The van der Waals surface area contributed by atoms with E-state index in [0.717, 1.165) is 11.3 Å². The fraction of sp³-hybridized carbons (Fsp3) is 0.0667.